The van der Waals surface area contributed by atoms with Crippen LogP contribution < -0.4 is 9.47 Å². The minimum Gasteiger partial charge on any atom is -0.486 e. The largest absolute Gasteiger partial charge is 0.486 e. The Labute approximate surface area is 174 Å². The van der Waals surface area contributed by atoms with Gasteiger partial charge in [0.2, 0.25) is 0 Å². The Morgan fingerprint density at radius 1 is 1.04 bits per heavy atom. The maximum atomic E-state index is 12.9. The zero-order valence-corrected chi connectivity index (χ0v) is 17.7. The summed E-state index contributed by atoms with van der Waals surface area (Å²) >= 11 is 3.67. The molecular weight excluding hydrogens is 420 g/mol. The summed E-state index contributed by atoms with van der Waals surface area (Å²) in [6.07, 6.45) is 0.972. The Kier molecular flexibility index (Phi) is 5.87. The Bertz CT molecular complexity index is 871. The van der Waals surface area contributed by atoms with E-state index in [-0.39, 0.29) is 5.91 Å². The standard InChI is InChI=1S/C22H25BrN2O3/c1-16-4-2-5-17(12-16)22(26)25-7-3-6-24(8-9-25)15-18-13-20-21(14-19(18)23)28-11-10-27-20/h2,4-5,12-14H,3,6-11,15H2,1H3. The van der Waals surface area contributed by atoms with Crippen molar-refractivity contribution in [2.45, 2.75) is 19.9 Å². The molecule has 0 spiro atoms. The van der Waals surface area contributed by atoms with Crippen LogP contribution in [0.2, 0.25) is 0 Å². The minimum absolute atomic E-state index is 0.131. The molecule has 1 amide bonds. The third kappa shape index (κ3) is 4.33. The number of ether oxygens (including phenoxy) is 2. The number of halogens is 1. The molecule has 6 heteroatoms. The molecule has 0 aromatic heterocycles. The van der Waals surface area contributed by atoms with Gasteiger partial charge in [-0.15, -0.1) is 0 Å². The minimum atomic E-state index is 0.131. The van der Waals surface area contributed by atoms with E-state index in [1.165, 1.54) is 5.56 Å². The molecule has 0 atom stereocenters. The van der Waals surface area contributed by atoms with Crippen LogP contribution in [-0.2, 0) is 6.54 Å². The number of hydrogen-bond donors (Lipinski definition) is 0. The smallest absolute Gasteiger partial charge is 0.253 e. The number of aryl methyl sites for hydroxylation is 1. The van der Waals surface area contributed by atoms with Crippen molar-refractivity contribution in [3.05, 3.63) is 57.6 Å². The van der Waals surface area contributed by atoms with Crippen LogP contribution in [0.25, 0.3) is 0 Å². The molecule has 0 unspecified atom stereocenters. The summed E-state index contributed by atoms with van der Waals surface area (Å²) in [6, 6.07) is 11.9. The molecular formula is C22H25BrN2O3. The number of carbonyl (C=O) groups is 1. The summed E-state index contributed by atoms with van der Waals surface area (Å²) in [5, 5.41) is 0. The van der Waals surface area contributed by atoms with Gasteiger partial charge in [-0.3, -0.25) is 9.69 Å². The third-order valence-electron chi connectivity index (χ3n) is 5.25. The van der Waals surface area contributed by atoms with Gasteiger partial charge in [-0.05, 0) is 43.2 Å². The third-order valence-corrected chi connectivity index (χ3v) is 5.98. The van der Waals surface area contributed by atoms with Crippen molar-refractivity contribution in [2.24, 2.45) is 0 Å². The van der Waals surface area contributed by atoms with Crippen LogP contribution in [0.5, 0.6) is 11.5 Å². The van der Waals surface area contributed by atoms with Gasteiger partial charge in [0.05, 0.1) is 0 Å². The molecule has 2 heterocycles. The van der Waals surface area contributed by atoms with E-state index in [0.29, 0.717) is 13.2 Å². The fourth-order valence-corrected chi connectivity index (χ4v) is 4.21. The van der Waals surface area contributed by atoms with E-state index in [1.807, 2.05) is 42.2 Å². The van der Waals surface area contributed by atoms with Crippen molar-refractivity contribution in [3.8, 4) is 11.5 Å². The number of hydrogen-bond acceptors (Lipinski definition) is 4. The van der Waals surface area contributed by atoms with Crippen LogP contribution in [0.3, 0.4) is 0 Å². The topological polar surface area (TPSA) is 42.0 Å². The Morgan fingerprint density at radius 3 is 2.61 bits per heavy atom. The quantitative estimate of drug-likeness (QED) is 0.720. The molecule has 148 valence electrons. The summed E-state index contributed by atoms with van der Waals surface area (Å²) in [4.78, 5) is 17.2. The molecule has 5 nitrogen and oxygen atoms in total. The predicted octanol–water partition coefficient (Wildman–Crippen LogP) is 3.88. The lowest BCUT2D eigenvalue weighted by atomic mass is 10.1. The van der Waals surface area contributed by atoms with Crippen molar-refractivity contribution in [3.63, 3.8) is 0 Å². The second kappa shape index (κ2) is 8.53. The molecule has 2 aliphatic rings. The molecule has 2 aliphatic heterocycles. The predicted molar refractivity (Wildman–Crippen MR) is 112 cm³/mol. The van der Waals surface area contributed by atoms with Gasteiger partial charge in [0.15, 0.2) is 11.5 Å². The summed E-state index contributed by atoms with van der Waals surface area (Å²) in [5.74, 6) is 1.74. The lowest BCUT2D eigenvalue weighted by Gasteiger charge is -2.24. The molecule has 0 bridgehead atoms. The Hall–Kier alpha value is -2.05. The number of amides is 1. The van der Waals surface area contributed by atoms with E-state index >= 15 is 0 Å². The van der Waals surface area contributed by atoms with Crippen LogP contribution in [0.4, 0.5) is 0 Å². The second-order valence-corrected chi connectivity index (χ2v) is 8.23. The van der Waals surface area contributed by atoms with Crippen LogP contribution in [0, 0.1) is 6.92 Å². The highest BCUT2D eigenvalue weighted by molar-refractivity contribution is 9.10. The van der Waals surface area contributed by atoms with Crippen molar-refractivity contribution in [1.29, 1.82) is 0 Å². The average molecular weight is 445 g/mol. The Balaban J connectivity index is 1.41. The first-order valence-corrected chi connectivity index (χ1v) is 10.6. The molecule has 1 fully saturated rings. The molecule has 0 N–H and O–H groups in total. The molecule has 4 rings (SSSR count). The highest BCUT2D eigenvalue weighted by Gasteiger charge is 2.22. The van der Waals surface area contributed by atoms with Crippen LogP contribution in [-0.4, -0.2) is 55.1 Å². The van der Waals surface area contributed by atoms with Crippen LogP contribution in [0.1, 0.15) is 27.9 Å². The molecule has 28 heavy (non-hydrogen) atoms. The Morgan fingerprint density at radius 2 is 1.82 bits per heavy atom. The second-order valence-electron chi connectivity index (χ2n) is 7.38. The first-order valence-electron chi connectivity index (χ1n) is 9.76. The highest BCUT2D eigenvalue weighted by atomic mass is 79.9. The number of fused-ring (bicyclic) bond motifs is 1. The summed E-state index contributed by atoms with van der Waals surface area (Å²) in [5.41, 5.74) is 3.08. The molecule has 0 aliphatic carbocycles. The number of carbonyl (C=O) groups excluding carboxylic acids is 1. The monoisotopic (exact) mass is 444 g/mol. The fraction of sp³-hybridized carbons (Fsp3) is 0.409. The molecule has 0 radical (unpaired) electrons. The van der Waals surface area contributed by atoms with Gasteiger partial charge in [0.1, 0.15) is 13.2 Å². The fourth-order valence-electron chi connectivity index (χ4n) is 3.76. The van der Waals surface area contributed by atoms with Crippen molar-refractivity contribution >= 4 is 21.8 Å². The van der Waals surface area contributed by atoms with E-state index < -0.39 is 0 Å². The normalized spacial score (nSPS) is 17.3. The van der Waals surface area contributed by atoms with Gasteiger partial charge >= 0.3 is 0 Å². The lowest BCUT2D eigenvalue weighted by molar-refractivity contribution is 0.0761. The molecule has 2 aromatic rings. The summed E-state index contributed by atoms with van der Waals surface area (Å²) < 4.78 is 12.4. The van der Waals surface area contributed by atoms with Crippen molar-refractivity contribution < 1.29 is 14.3 Å². The van der Waals surface area contributed by atoms with Crippen LogP contribution >= 0.6 is 15.9 Å². The first-order chi connectivity index (χ1) is 13.6. The highest BCUT2D eigenvalue weighted by Crippen LogP contribution is 2.36. The van der Waals surface area contributed by atoms with E-state index in [1.54, 1.807) is 0 Å². The molecule has 2 aromatic carbocycles. The SMILES string of the molecule is Cc1cccc(C(=O)N2CCCN(Cc3cc4c(cc3Br)OCCO4)CC2)c1. The van der Waals surface area contributed by atoms with Gasteiger partial charge in [-0.1, -0.05) is 33.6 Å². The zero-order valence-electron chi connectivity index (χ0n) is 16.1. The van der Waals surface area contributed by atoms with Gasteiger partial charge in [-0.25, -0.2) is 0 Å². The molecule has 0 saturated carbocycles. The number of benzene rings is 2. The van der Waals surface area contributed by atoms with E-state index in [2.05, 4.69) is 26.9 Å². The van der Waals surface area contributed by atoms with Gasteiger partial charge in [0.25, 0.3) is 5.91 Å². The van der Waals surface area contributed by atoms with Gasteiger partial charge < -0.3 is 14.4 Å². The maximum Gasteiger partial charge on any atom is 0.253 e. The summed E-state index contributed by atoms with van der Waals surface area (Å²) in [6.45, 7) is 7.40. The number of nitrogens with zero attached hydrogens (tertiary/aromatic N) is 2. The summed E-state index contributed by atoms with van der Waals surface area (Å²) in [7, 11) is 0. The van der Waals surface area contributed by atoms with Gasteiger partial charge in [-0.2, -0.15) is 0 Å². The first kappa shape index (κ1) is 19.3. The van der Waals surface area contributed by atoms with E-state index in [4.69, 9.17) is 9.47 Å². The van der Waals surface area contributed by atoms with E-state index in [0.717, 1.165) is 66.2 Å². The lowest BCUT2D eigenvalue weighted by Crippen LogP contribution is -2.35. The van der Waals surface area contributed by atoms with Crippen molar-refractivity contribution in [2.75, 3.05) is 39.4 Å². The number of rotatable bonds is 3. The van der Waals surface area contributed by atoms with E-state index in [9.17, 15) is 4.79 Å². The molecule has 1 saturated heterocycles. The average Bonchev–Trinajstić information content (AvgIpc) is 2.93. The maximum absolute atomic E-state index is 12.9. The van der Waals surface area contributed by atoms with Crippen molar-refractivity contribution in [1.82, 2.24) is 9.80 Å². The zero-order chi connectivity index (χ0) is 19.5. The van der Waals surface area contributed by atoms with Gasteiger partial charge in [0, 0.05) is 42.8 Å². The van der Waals surface area contributed by atoms with Crippen LogP contribution in [0.15, 0.2) is 40.9 Å².